The Morgan fingerprint density at radius 3 is 2.28 bits per heavy atom. The number of halogens is 1. The molecule has 1 aromatic carbocycles. The van der Waals surface area contributed by atoms with Crippen LogP contribution in [0.3, 0.4) is 0 Å². The predicted octanol–water partition coefficient (Wildman–Crippen LogP) is 4.17. The summed E-state index contributed by atoms with van der Waals surface area (Å²) in [6.45, 7) is 9.99. The molecule has 0 amide bonds. The lowest BCUT2D eigenvalue weighted by Crippen LogP contribution is -2.40. The van der Waals surface area contributed by atoms with Crippen LogP contribution in [0.2, 0.25) is 0 Å². The molecule has 1 atom stereocenters. The number of hydrogen-bond donors (Lipinski definition) is 1. The number of hydrogen-bond acceptors (Lipinski definition) is 1. The fourth-order valence-corrected chi connectivity index (χ4v) is 2.25. The van der Waals surface area contributed by atoms with E-state index in [0.29, 0.717) is 11.5 Å². The van der Waals surface area contributed by atoms with E-state index in [4.69, 9.17) is 0 Å². The minimum Gasteiger partial charge on any atom is -0.314 e. The molecule has 0 saturated carbocycles. The molecule has 0 fully saturated rings. The summed E-state index contributed by atoms with van der Waals surface area (Å²) < 4.78 is 12.8. The van der Waals surface area contributed by atoms with Gasteiger partial charge in [0.15, 0.2) is 0 Å². The van der Waals surface area contributed by atoms with Crippen molar-refractivity contribution in [3.8, 4) is 0 Å². The smallest absolute Gasteiger partial charge is 0.123 e. The predicted molar refractivity (Wildman–Crippen MR) is 76.3 cm³/mol. The van der Waals surface area contributed by atoms with Crippen molar-refractivity contribution >= 4 is 0 Å². The number of rotatable bonds is 6. The topological polar surface area (TPSA) is 12.0 Å². The fourth-order valence-electron chi connectivity index (χ4n) is 2.25. The van der Waals surface area contributed by atoms with Crippen LogP contribution in [0, 0.1) is 11.2 Å². The number of benzene rings is 1. The van der Waals surface area contributed by atoms with E-state index in [1.807, 2.05) is 12.1 Å². The van der Waals surface area contributed by atoms with Gasteiger partial charge in [-0.3, -0.25) is 0 Å². The molecule has 1 rings (SSSR count). The van der Waals surface area contributed by atoms with Crippen molar-refractivity contribution < 1.29 is 4.39 Å². The maximum Gasteiger partial charge on any atom is 0.123 e. The minimum atomic E-state index is -0.154. The normalized spacial score (nSPS) is 13.6. The van der Waals surface area contributed by atoms with Gasteiger partial charge in [-0.15, -0.1) is 0 Å². The quantitative estimate of drug-likeness (QED) is 0.800. The summed E-state index contributed by atoms with van der Waals surface area (Å²) in [6, 6.07) is 7.40. The second-order valence-corrected chi connectivity index (χ2v) is 5.99. The fraction of sp³-hybridized carbons (Fsp3) is 0.625. The van der Waals surface area contributed by atoms with Gasteiger partial charge in [0.05, 0.1) is 0 Å². The van der Waals surface area contributed by atoms with Crippen molar-refractivity contribution in [3.63, 3.8) is 0 Å². The molecule has 0 aliphatic rings. The molecule has 1 aromatic rings. The average Bonchev–Trinajstić information content (AvgIpc) is 2.29. The van der Waals surface area contributed by atoms with Crippen LogP contribution in [0.15, 0.2) is 24.3 Å². The Kier molecular flexibility index (Phi) is 5.80. The van der Waals surface area contributed by atoms with E-state index in [1.54, 1.807) is 12.1 Å². The molecular weight excluding hydrogens is 225 g/mol. The first-order valence-electron chi connectivity index (χ1n) is 6.91. The Balaban J connectivity index is 2.41. The molecule has 0 aromatic heterocycles. The molecule has 0 aliphatic heterocycles. The highest BCUT2D eigenvalue weighted by Crippen LogP contribution is 2.23. The van der Waals surface area contributed by atoms with E-state index in [1.165, 1.54) is 5.56 Å². The molecular formula is C16H26FN. The van der Waals surface area contributed by atoms with E-state index in [0.717, 1.165) is 25.8 Å². The first-order valence-corrected chi connectivity index (χ1v) is 6.91. The third-order valence-corrected chi connectivity index (χ3v) is 3.37. The van der Waals surface area contributed by atoms with Gasteiger partial charge in [0, 0.05) is 6.04 Å². The zero-order valence-electron chi connectivity index (χ0n) is 12.1. The second-order valence-electron chi connectivity index (χ2n) is 5.99. The monoisotopic (exact) mass is 251 g/mol. The highest BCUT2D eigenvalue weighted by molar-refractivity contribution is 5.16. The van der Waals surface area contributed by atoms with Crippen LogP contribution in [0.4, 0.5) is 4.39 Å². The summed E-state index contributed by atoms with van der Waals surface area (Å²) >= 11 is 0. The van der Waals surface area contributed by atoms with Crippen molar-refractivity contribution in [2.45, 2.75) is 53.0 Å². The van der Waals surface area contributed by atoms with Crippen LogP contribution in [-0.2, 0) is 6.42 Å². The highest BCUT2D eigenvalue weighted by Gasteiger charge is 2.22. The van der Waals surface area contributed by atoms with Gasteiger partial charge in [-0.2, -0.15) is 0 Å². The van der Waals surface area contributed by atoms with Crippen LogP contribution >= 0.6 is 0 Å². The van der Waals surface area contributed by atoms with Gasteiger partial charge in [-0.25, -0.2) is 4.39 Å². The maximum absolute atomic E-state index is 12.8. The van der Waals surface area contributed by atoms with Gasteiger partial charge in [0.25, 0.3) is 0 Å². The van der Waals surface area contributed by atoms with Crippen LogP contribution < -0.4 is 5.32 Å². The van der Waals surface area contributed by atoms with Crippen molar-refractivity contribution in [3.05, 3.63) is 35.6 Å². The molecule has 2 heteroatoms. The molecule has 0 spiro atoms. The maximum atomic E-state index is 12.8. The molecule has 0 bridgehead atoms. The Bertz CT molecular complexity index is 337. The van der Waals surface area contributed by atoms with Crippen LogP contribution in [0.25, 0.3) is 0 Å². The van der Waals surface area contributed by atoms with E-state index in [9.17, 15) is 4.39 Å². The third-order valence-electron chi connectivity index (χ3n) is 3.37. The molecule has 0 radical (unpaired) electrons. The Hall–Kier alpha value is -0.890. The molecule has 1 N–H and O–H groups in total. The summed E-state index contributed by atoms with van der Waals surface area (Å²) in [6.07, 6.45) is 3.33. The zero-order valence-corrected chi connectivity index (χ0v) is 12.1. The van der Waals surface area contributed by atoms with Gasteiger partial charge in [-0.05, 0) is 48.9 Å². The molecule has 102 valence electrons. The van der Waals surface area contributed by atoms with Gasteiger partial charge in [0.2, 0.25) is 0 Å². The van der Waals surface area contributed by atoms with Crippen molar-refractivity contribution in [2.24, 2.45) is 5.41 Å². The van der Waals surface area contributed by atoms with E-state index >= 15 is 0 Å². The van der Waals surface area contributed by atoms with E-state index in [2.05, 4.69) is 33.0 Å². The number of nitrogens with one attached hydrogen (secondary N) is 1. The summed E-state index contributed by atoms with van der Waals surface area (Å²) in [4.78, 5) is 0. The van der Waals surface area contributed by atoms with Crippen LogP contribution in [-0.4, -0.2) is 12.6 Å². The summed E-state index contributed by atoms with van der Waals surface area (Å²) in [7, 11) is 0. The SMILES string of the molecule is CCNC(CCCc1ccc(F)cc1)C(C)(C)C. The van der Waals surface area contributed by atoms with Gasteiger partial charge < -0.3 is 5.32 Å². The average molecular weight is 251 g/mol. The van der Waals surface area contributed by atoms with Crippen molar-refractivity contribution in [1.29, 1.82) is 0 Å². The van der Waals surface area contributed by atoms with Crippen LogP contribution in [0.5, 0.6) is 0 Å². The zero-order chi connectivity index (χ0) is 13.6. The van der Waals surface area contributed by atoms with E-state index < -0.39 is 0 Å². The summed E-state index contributed by atoms with van der Waals surface area (Å²) in [5.74, 6) is -0.154. The first kappa shape index (κ1) is 15.2. The van der Waals surface area contributed by atoms with Crippen molar-refractivity contribution in [2.75, 3.05) is 6.54 Å². The van der Waals surface area contributed by atoms with Gasteiger partial charge in [0.1, 0.15) is 5.82 Å². The molecule has 0 aliphatic carbocycles. The number of aryl methyl sites for hydroxylation is 1. The second kappa shape index (κ2) is 6.89. The highest BCUT2D eigenvalue weighted by atomic mass is 19.1. The molecule has 1 nitrogen and oxygen atoms in total. The van der Waals surface area contributed by atoms with Gasteiger partial charge >= 0.3 is 0 Å². The lowest BCUT2D eigenvalue weighted by atomic mass is 9.83. The minimum absolute atomic E-state index is 0.154. The van der Waals surface area contributed by atoms with Crippen LogP contribution in [0.1, 0.15) is 46.1 Å². The molecule has 0 heterocycles. The molecule has 1 unspecified atom stereocenters. The van der Waals surface area contributed by atoms with Gasteiger partial charge in [-0.1, -0.05) is 39.8 Å². The third kappa shape index (κ3) is 5.18. The first-order chi connectivity index (χ1) is 8.43. The summed E-state index contributed by atoms with van der Waals surface area (Å²) in [5, 5.41) is 3.56. The molecule has 0 saturated heterocycles. The van der Waals surface area contributed by atoms with Crippen molar-refractivity contribution in [1.82, 2.24) is 5.32 Å². The van der Waals surface area contributed by atoms with E-state index in [-0.39, 0.29) is 5.82 Å². The lowest BCUT2D eigenvalue weighted by molar-refractivity contribution is 0.254. The lowest BCUT2D eigenvalue weighted by Gasteiger charge is -2.31. The Morgan fingerprint density at radius 1 is 1.17 bits per heavy atom. The summed E-state index contributed by atoms with van der Waals surface area (Å²) in [5.41, 5.74) is 1.51. The Morgan fingerprint density at radius 2 is 1.78 bits per heavy atom. The Labute approximate surface area is 111 Å². The molecule has 18 heavy (non-hydrogen) atoms. The standard InChI is InChI=1S/C16H26FN/c1-5-18-15(16(2,3)4)8-6-7-13-9-11-14(17)12-10-13/h9-12,15,18H,5-8H2,1-4H3. The largest absolute Gasteiger partial charge is 0.314 e.